The number of hydrogen-bond donors (Lipinski definition) is 1. The first-order chi connectivity index (χ1) is 4.24. The molecule has 9 heavy (non-hydrogen) atoms. The summed E-state index contributed by atoms with van der Waals surface area (Å²) in [5, 5.41) is 0. The molecule has 0 unspecified atom stereocenters. The van der Waals surface area contributed by atoms with Gasteiger partial charge in [-0.25, -0.2) is 0 Å². The largest absolute Gasteiger partial charge is 0.341 e. The van der Waals surface area contributed by atoms with Gasteiger partial charge in [0.15, 0.2) is 0 Å². The summed E-state index contributed by atoms with van der Waals surface area (Å²) in [6.07, 6.45) is 0.823. The molecule has 1 N–H and O–H groups in total. The monoisotopic (exact) mass is 149 g/mol. The van der Waals surface area contributed by atoms with Crippen molar-refractivity contribution in [2.75, 3.05) is 14.2 Å². The highest BCUT2D eigenvalue weighted by Gasteiger charge is 2.23. The Hall–Kier alpha value is 0.0969. The highest BCUT2D eigenvalue weighted by Crippen LogP contribution is 2.09. The van der Waals surface area contributed by atoms with Crippen LogP contribution < -0.4 is 4.98 Å². The van der Waals surface area contributed by atoms with Gasteiger partial charge in [-0.2, -0.15) is 0 Å². The quantitative estimate of drug-likeness (QED) is 0.420. The molecule has 0 rings (SSSR count). The average molecular weight is 149 g/mol. The lowest BCUT2D eigenvalue weighted by atomic mass is 10.4. The Balaban J connectivity index is 3.82. The molecular formula is C5H15NO2Si. The molecule has 0 fully saturated rings. The van der Waals surface area contributed by atoms with E-state index in [9.17, 15) is 0 Å². The molecule has 0 aromatic carbocycles. The maximum Gasteiger partial charge on any atom is 0.219 e. The second-order valence-electron chi connectivity index (χ2n) is 1.76. The molecule has 0 aromatic rings. The minimum absolute atomic E-state index is 0.522. The van der Waals surface area contributed by atoms with Gasteiger partial charge in [0.1, 0.15) is 0 Å². The number of nitrogens with one attached hydrogen (secondary N) is 1. The van der Waals surface area contributed by atoms with Crippen molar-refractivity contribution in [2.24, 2.45) is 0 Å². The molecule has 0 aliphatic carbocycles. The minimum atomic E-state index is -0.522. The van der Waals surface area contributed by atoms with Gasteiger partial charge in [0.05, 0.1) is 10.4 Å². The van der Waals surface area contributed by atoms with E-state index in [-0.39, 0.29) is 0 Å². The fourth-order valence-corrected chi connectivity index (χ4v) is 1.51. The molecule has 0 radical (unpaired) electrons. The van der Waals surface area contributed by atoms with Crippen molar-refractivity contribution in [3.8, 4) is 0 Å². The van der Waals surface area contributed by atoms with E-state index < -0.39 is 5.91 Å². The minimum Gasteiger partial charge on any atom is -0.341 e. The van der Waals surface area contributed by atoms with Crippen LogP contribution in [-0.4, -0.2) is 30.5 Å². The molecule has 0 aliphatic rings. The summed E-state index contributed by atoms with van der Waals surface area (Å²) in [6, 6.07) is 0. The molecule has 56 valence electrons. The van der Waals surface area contributed by atoms with Gasteiger partial charge in [0, 0.05) is 20.6 Å². The average Bonchev–Trinajstić information content (AvgIpc) is 1.95. The first-order valence-electron chi connectivity index (χ1n) is 3.04. The highest BCUT2D eigenvalue weighted by atomic mass is 28.2. The molecule has 0 spiro atoms. The van der Waals surface area contributed by atoms with Crippen LogP contribution in [-0.2, 0) is 9.47 Å². The van der Waals surface area contributed by atoms with Crippen LogP contribution >= 0.6 is 0 Å². The van der Waals surface area contributed by atoms with E-state index in [0.717, 1.165) is 16.8 Å². The van der Waals surface area contributed by atoms with E-state index in [4.69, 9.17) is 9.47 Å². The summed E-state index contributed by atoms with van der Waals surface area (Å²) in [5.41, 5.74) is 0. The fourth-order valence-electron chi connectivity index (χ4n) is 0.753. The maximum atomic E-state index is 5.09. The third kappa shape index (κ3) is 2.06. The second-order valence-corrected chi connectivity index (χ2v) is 2.26. The molecule has 0 aliphatic heterocycles. The van der Waals surface area contributed by atoms with Crippen molar-refractivity contribution in [3.63, 3.8) is 0 Å². The van der Waals surface area contributed by atoms with Crippen molar-refractivity contribution in [1.82, 2.24) is 4.98 Å². The van der Waals surface area contributed by atoms with Crippen LogP contribution in [0.5, 0.6) is 0 Å². The van der Waals surface area contributed by atoms with Crippen LogP contribution in [0.4, 0.5) is 0 Å². The molecular weight excluding hydrogens is 134 g/mol. The van der Waals surface area contributed by atoms with E-state index in [2.05, 4.69) is 4.98 Å². The maximum absolute atomic E-state index is 5.09. The van der Waals surface area contributed by atoms with E-state index >= 15 is 0 Å². The van der Waals surface area contributed by atoms with Gasteiger partial charge in [-0.3, -0.25) is 4.98 Å². The number of rotatable bonds is 4. The van der Waals surface area contributed by atoms with E-state index in [1.807, 2.05) is 6.92 Å². The van der Waals surface area contributed by atoms with E-state index in [0.29, 0.717) is 0 Å². The normalized spacial score (nSPS) is 12.3. The van der Waals surface area contributed by atoms with Gasteiger partial charge >= 0.3 is 0 Å². The van der Waals surface area contributed by atoms with Crippen LogP contribution in [0, 0.1) is 0 Å². The molecule has 0 saturated carbocycles. The predicted octanol–water partition coefficient (Wildman–Crippen LogP) is -0.787. The molecule has 0 amide bonds. The van der Waals surface area contributed by atoms with Gasteiger partial charge in [0.2, 0.25) is 5.91 Å². The van der Waals surface area contributed by atoms with Crippen molar-refractivity contribution in [1.29, 1.82) is 0 Å². The number of hydrogen-bond acceptors (Lipinski definition) is 3. The standard InChI is InChI=1S/C5H15NO2Si/c1-4-5(6-9,7-2)8-3/h6H,4H2,1-3,9H3. The van der Waals surface area contributed by atoms with Gasteiger partial charge in [-0.1, -0.05) is 6.92 Å². The predicted molar refractivity (Wildman–Crippen MR) is 40.1 cm³/mol. The van der Waals surface area contributed by atoms with Crippen LogP contribution in [0.25, 0.3) is 0 Å². The topological polar surface area (TPSA) is 30.5 Å². The lowest BCUT2D eigenvalue weighted by Gasteiger charge is -2.28. The van der Waals surface area contributed by atoms with Crippen molar-refractivity contribution in [2.45, 2.75) is 19.3 Å². The molecule has 0 heterocycles. The number of methoxy groups -OCH3 is 2. The van der Waals surface area contributed by atoms with Crippen LogP contribution in [0.2, 0.25) is 0 Å². The molecule has 0 bridgehead atoms. The van der Waals surface area contributed by atoms with E-state index in [1.54, 1.807) is 14.2 Å². The zero-order valence-electron chi connectivity index (χ0n) is 6.52. The summed E-state index contributed by atoms with van der Waals surface area (Å²) in [5.74, 6) is -0.522. The van der Waals surface area contributed by atoms with Gasteiger partial charge in [-0.05, 0) is 0 Å². The molecule has 3 nitrogen and oxygen atoms in total. The summed E-state index contributed by atoms with van der Waals surface area (Å²) in [7, 11) is 4.15. The zero-order valence-corrected chi connectivity index (χ0v) is 8.52. The Morgan fingerprint density at radius 3 is 1.89 bits per heavy atom. The SMILES string of the molecule is CCC(N[SiH3])(OC)OC. The van der Waals surface area contributed by atoms with Crippen LogP contribution in [0.15, 0.2) is 0 Å². The van der Waals surface area contributed by atoms with Crippen molar-refractivity contribution < 1.29 is 9.47 Å². The third-order valence-electron chi connectivity index (χ3n) is 1.51. The van der Waals surface area contributed by atoms with Crippen LogP contribution in [0.1, 0.15) is 13.3 Å². The lowest BCUT2D eigenvalue weighted by Crippen LogP contribution is -2.46. The zero-order chi connectivity index (χ0) is 7.33. The van der Waals surface area contributed by atoms with Gasteiger partial charge in [0.25, 0.3) is 0 Å². The van der Waals surface area contributed by atoms with Crippen LogP contribution in [0.3, 0.4) is 0 Å². The molecule has 0 atom stereocenters. The second kappa shape index (κ2) is 4.00. The Bertz CT molecular complexity index is 57.8. The van der Waals surface area contributed by atoms with Crippen molar-refractivity contribution in [3.05, 3.63) is 0 Å². The Kier molecular flexibility index (Phi) is 4.04. The fraction of sp³-hybridized carbons (Fsp3) is 1.00. The van der Waals surface area contributed by atoms with Crippen molar-refractivity contribution >= 4 is 10.4 Å². The third-order valence-corrected chi connectivity index (χ3v) is 2.27. The summed E-state index contributed by atoms with van der Waals surface area (Å²) >= 11 is 0. The smallest absolute Gasteiger partial charge is 0.219 e. The lowest BCUT2D eigenvalue weighted by molar-refractivity contribution is -0.215. The summed E-state index contributed by atoms with van der Waals surface area (Å²) in [4.78, 5) is 3.06. The Morgan fingerprint density at radius 1 is 1.44 bits per heavy atom. The summed E-state index contributed by atoms with van der Waals surface area (Å²) in [6.45, 7) is 2.01. The van der Waals surface area contributed by atoms with Gasteiger partial charge < -0.3 is 9.47 Å². The first kappa shape index (κ1) is 9.10. The Labute approximate surface area is 59.2 Å². The molecule has 0 saturated heterocycles. The Morgan fingerprint density at radius 2 is 1.89 bits per heavy atom. The molecule has 0 aromatic heterocycles. The van der Waals surface area contributed by atoms with E-state index in [1.165, 1.54) is 0 Å². The van der Waals surface area contributed by atoms with Gasteiger partial charge in [-0.15, -0.1) is 0 Å². The first-order valence-corrected chi connectivity index (χ1v) is 4.04. The summed E-state index contributed by atoms with van der Waals surface area (Å²) < 4.78 is 10.2. The highest BCUT2D eigenvalue weighted by molar-refractivity contribution is 6.04. The molecule has 4 heteroatoms. The number of ether oxygens (including phenoxy) is 2.